The van der Waals surface area contributed by atoms with Gasteiger partial charge in [0.15, 0.2) is 0 Å². The third-order valence-electron chi connectivity index (χ3n) is 2.60. The van der Waals surface area contributed by atoms with Crippen LogP contribution in [0.15, 0.2) is 53.7 Å². The van der Waals surface area contributed by atoms with Crippen molar-refractivity contribution in [2.24, 2.45) is 0 Å². The monoisotopic (exact) mass is 277 g/mol. The topological polar surface area (TPSA) is 85.1 Å². The van der Waals surface area contributed by atoms with Crippen LogP contribution in [0.5, 0.6) is 0 Å². The van der Waals surface area contributed by atoms with Gasteiger partial charge < -0.3 is 5.73 Å². The van der Waals surface area contributed by atoms with E-state index in [0.29, 0.717) is 18.7 Å². The van der Waals surface area contributed by atoms with Gasteiger partial charge in [-0.05, 0) is 36.2 Å². The van der Waals surface area contributed by atoms with Crippen LogP contribution >= 0.6 is 0 Å². The standard InChI is InChI=1S/C13H15N3O2S/c14-12-4-1-5-13(9-12)19(17,18)16-8-6-11-3-2-7-15-10-11/h1-5,7,9-10,16H,6,8,14H2. The second-order valence-corrected chi connectivity index (χ2v) is 5.85. The predicted molar refractivity (Wildman–Crippen MR) is 74.0 cm³/mol. The van der Waals surface area contributed by atoms with Crippen LogP contribution in [0.4, 0.5) is 5.69 Å². The van der Waals surface area contributed by atoms with E-state index in [4.69, 9.17) is 5.73 Å². The molecule has 0 radical (unpaired) electrons. The van der Waals surface area contributed by atoms with Crippen molar-refractivity contribution < 1.29 is 8.42 Å². The van der Waals surface area contributed by atoms with E-state index < -0.39 is 10.0 Å². The summed E-state index contributed by atoms with van der Waals surface area (Å²) in [6, 6.07) is 9.94. The highest BCUT2D eigenvalue weighted by Crippen LogP contribution is 2.12. The van der Waals surface area contributed by atoms with Crippen molar-refractivity contribution in [2.75, 3.05) is 12.3 Å². The van der Waals surface area contributed by atoms with E-state index in [-0.39, 0.29) is 4.90 Å². The molecule has 1 aromatic carbocycles. The molecular weight excluding hydrogens is 262 g/mol. The molecule has 0 fully saturated rings. The second-order valence-electron chi connectivity index (χ2n) is 4.08. The minimum Gasteiger partial charge on any atom is -0.399 e. The van der Waals surface area contributed by atoms with Crippen LogP contribution in [0.1, 0.15) is 5.56 Å². The van der Waals surface area contributed by atoms with E-state index in [9.17, 15) is 8.42 Å². The smallest absolute Gasteiger partial charge is 0.240 e. The minimum atomic E-state index is -3.50. The van der Waals surface area contributed by atoms with Crippen LogP contribution in [0.3, 0.4) is 0 Å². The average molecular weight is 277 g/mol. The first-order chi connectivity index (χ1) is 9.08. The van der Waals surface area contributed by atoms with Gasteiger partial charge >= 0.3 is 0 Å². The summed E-state index contributed by atoms with van der Waals surface area (Å²) in [4.78, 5) is 4.16. The Morgan fingerprint density at radius 2 is 2.05 bits per heavy atom. The minimum absolute atomic E-state index is 0.179. The molecule has 1 heterocycles. The first kappa shape index (κ1) is 13.5. The van der Waals surface area contributed by atoms with Gasteiger partial charge in [-0.3, -0.25) is 4.98 Å². The highest BCUT2D eigenvalue weighted by molar-refractivity contribution is 7.89. The molecule has 2 aromatic rings. The largest absolute Gasteiger partial charge is 0.399 e. The lowest BCUT2D eigenvalue weighted by Gasteiger charge is -2.07. The molecule has 0 unspecified atom stereocenters. The molecular formula is C13H15N3O2S. The van der Waals surface area contributed by atoms with Crippen molar-refractivity contribution >= 4 is 15.7 Å². The van der Waals surface area contributed by atoms with Crippen LogP contribution in [0.25, 0.3) is 0 Å². The molecule has 0 atom stereocenters. The Morgan fingerprint density at radius 1 is 1.21 bits per heavy atom. The molecule has 1 aromatic heterocycles. The van der Waals surface area contributed by atoms with Gasteiger partial charge in [-0.1, -0.05) is 12.1 Å². The summed E-state index contributed by atoms with van der Waals surface area (Å²) in [7, 11) is -3.50. The second kappa shape index (κ2) is 5.81. The molecule has 5 nitrogen and oxygen atoms in total. The number of nitrogens with zero attached hydrogens (tertiary/aromatic N) is 1. The van der Waals surface area contributed by atoms with Gasteiger partial charge in [-0.15, -0.1) is 0 Å². The molecule has 19 heavy (non-hydrogen) atoms. The fraction of sp³-hybridized carbons (Fsp3) is 0.154. The number of hydrogen-bond donors (Lipinski definition) is 2. The highest BCUT2D eigenvalue weighted by atomic mass is 32.2. The van der Waals surface area contributed by atoms with Crippen LogP contribution in [-0.4, -0.2) is 19.9 Å². The molecule has 100 valence electrons. The maximum Gasteiger partial charge on any atom is 0.240 e. The summed E-state index contributed by atoms with van der Waals surface area (Å²) in [5, 5.41) is 0. The SMILES string of the molecule is Nc1cccc(S(=O)(=O)NCCc2cccnc2)c1. The van der Waals surface area contributed by atoms with Crippen molar-refractivity contribution in [3.8, 4) is 0 Å². The van der Waals surface area contributed by atoms with Gasteiger partial charge in [-0.25, -0.2) is 13.1 Å². The zero-order valence-electron chi connectivity index (χ0n) is 10.3. The maximum absolute atomic E-state index is 12.0. The molecule has 0 aliphatic rings. The molecule has 0 spiro atoms. The fourth-order valence-electron chi connectivity index (χ4n) is 1.64. The molecule has 0 bridgehead atoms. The summed E-state index contributed by atoms with van der Waals surface area (Å²) in [6.07, 6.45) is 3.99. The Hall–Kier alpha value is -1.92. The Kier molecular flexibility index (Phi) is 4.13. The Bertz CT molecular complexity index is 642. The fourth-order valence-corrected chi connectivity index (χ4v) is 2.73. The van der Waals surface area contributed by atoms with Gasteiger partial charge in [0.05, 0.1) is 4.90 Å². The van der Waals surface area contributed by atoms with Crippen molar-refractivity contribution in [1.82, 2.24) is 9.71 Å². The quantitative estimate of drug-likeness (QED) is 0.804. The lowest BCUT2D eigenvalue weighted by molar-refractivity contribution is 0.581. The number of hydrogen-bond acceptors (Lipinski definition) is 4. The molecule has 6 heteroatoms. The van der Waals surface area contributed by atoms with Crippen LogP contribution in [0, 0.1) is 0 Å². The summed E-state index contributed by atoms with van der Waals surface area (Å²) >= 11 is 0. The predicted octanol–water partition coefficient (Wildman–Crippen LogP) is 1.18. The van der Waals surface area contributed by atoms with E-state index >= 15 is 0 Å². The molecule has 0 aliphatic heterocycles. The molecule has 0 saturated carbocycles. The lowest BCUT2D eigenvalue weighted by atomic mass is 10.2. The van der Waals surface area contributed by atoms with Crippen molar-refractivity contribution in [3.05, 3.63) is 54.4 Å². The van der Waals surface area contributed by atoms with Crippen LogP contribution in [-0.2, 0) is 16.4 Å². The van der Waals surface area contributed by atoms with Gasteiger partial charge in [0, 0.05) is 24.6 Å². The number of rotatable bonds is 5. The number of pyridine rings is 1. The lowest BCUT2D eigenvalue weighted by Crippen LogP contribution is -2.26. The number of aromatic nitrogens is 1. The number of anilines is 1. The third kappa shape index (κ3) is 3.77. The molecule has 3 N–H and O–H groups in total. The number of benzene rings is 1. The van der Waals surface area contributed by atoms with E-state index in [2.05, 4.69) is 9.71 Å². The summed E-state index contributed by atoms with van der Waals surface area (Å²) in [5.41, 5.74) is 6.98. The van der Waals surface area contributed by atoms with Gasteiger partial charge in [0.25, 0.3) is 0 Å². The number of nitrogens with one attached hydrogen (secondary N) is 1. The Balaban J connectivity index is 1.99. The van der Waals surface area contributed by atoms with E-state index in [1.807, 2.05) is 12.1 Å². The summed E-state index contributed by atoms with van der Waals surface area (Å²) < 4.78 is 26.5. The zero-order chi connectivity index (χ0) is 13.7. The van der Waals surface area contributed by atoms with Gasteiger partial charge in [-0.2, -0.15) is 0 Å². The Morgan fingerprint density at radius 3 is 2.74 bits per heavy atom. The first-order valence-electron chi connectivity index (χ1n) is 5.82. The molecule has 2 rings (SSSR count). The van der Waals surface area contributed by atoms with E-state index in [1.54, 1.807) is 24.5 Å². The van der Waals surface area contributed by atoms with Crippen LogP contribution in [0.2, 0.25) is 0 Å². The number of nitrogen functional groups attached to an aromatic ring is 1. The third-order valence-corrected chi connectivity index (χ3v) is 4.06. The molecule has 0 aliphatic carbocycles. The first-order valence-corrected chi connectivity index (χ1v) is 7.30. The van der Waals surface area contributed by atoms with Crippen LogP contribution < -0.4 is 10.5 Å². The van der Waals surface area contributed by atoms with E-state index in [1.165, 1.54) is 12.1 Å². The normalized spacial score (nSPS) is 11.4. The highest BCUT2D eigenvalue weighted by Gasteiger charge is 2.13. The van der Waals surface area contributed by atoms with Crippen molar-refractivity contribution in [1.29, 1.82) is 0 Å². The molecule has 0 amide bonds. The average Bonchev–Trinajstić information content (AvgIpc) is 2.40. The zero-order valence-corrected chi connectivity index (χ0v) is 11.1. The van der Waals surface area contributed by atoms with Gasteiger partial charge in [0.1, 0.15) is 0 Å². The molecule has 0 saturated heterocycles. The van der Waals surface area contributed by atoms with E-state index in [0.717, 1.165) is 5.56 Å². The van der Waals surface area contributed by atoms with Crippen molar-refractivity contribution in [2.45, 2.75) is 11.3 Å². The Labute approximate surface area is 112 Å². The summed E-state index contributed by atoms with van der Waals surface area (Å²) in [5.74, 6) is 0. The summed E-state index contributed by atoms with van der Waals surface area (Å²) in [6.45, 7) is 0.322. The van der Waals surface area contributed by atoms with Crippen molar-refractivity contribution in [3.63, 3.8) is 0 Å². The van der Waals surface area contributed by atoms with Gasteiger partial charge in [0.2, 0.25) is 10.0 Å². The number of nitrogens with two attached hydrogens (primary N) is 1. The number of sulfonamides is 1. The maximum atomic E-state index is 12.0.